The Morgan fingerprint density at radius 3 is 2.71 bits per heavy atom. The molecular weight excluding hydrogens is 366 g/mol. The van der Waals surface area contributed by atoms with E-state index in [1.807, 2.05) is 25.5 Å². The molecule has 9 heteroatoms. The third-order valence-electron chi connectivity index (χ3n) is 4.22. The topological polar surface area (TPSA) is 76.4 Å². The molecule has 2 rings (SSSR count). The number of hydrogen-bond acceptors (Lipinski definition) is 4. The summed E-state index contributed by atoms with van der Waals surface area (Å²) >= 11 is 0. The van der Waals surface area contributed by atoms with Crippen molar-refractivity contribution in [2.75, 3.05) is 26.3 Å². The van der Waals surface area contributed by atoms with Crippen LogP contribution in [-0.2, 0) is 24.8 Å². The van der Waals surface area contributed by atoms with Gasteiger partial charge in [0.05, 0.1) is 0 Å². The van der Waals surface area contributed by atoms with Gasteiger partial charge in [0.15, 0.2) is 11.8 Å². The van der Waals surface area contributed by atoms with Gasteiger partial charge in [-0.1, -0.05) is 0 Å². The van der Waals surface area contributed by atoms with Gasteiger partial charge < -0.3 is 19.9 Å². The Labute approximate surface area is 164 Å². The number of aryl methyl sites for hydroxylation is 1. The number of rotatable bonds is 10. The molecule has 1 aromatic carbocycles. The van der Waals surface area contributed by atoms with Gasteiger partial charge >= 0.3 is 0 Å². The van der Waals surface area contributed by atoms with Gasteiger partial charge in [-0.3, -0.25) is 0 Å². The molecule has 0 bridgehead atoms. The highest BCUT2D eigenvalue weighted by Gasteiger charge is 2.07. The normalized spacial score (nSPS) is 11.7. The van der Waals surface area contributed by atoms with Gasteiger partial charge in [0.25, 0.3) is 0 Å². The number of aromatic nitrogens is 3. The van der Waals surface area contributed by atoms with Gasteiger partial charge in [-0.25, -0.2) is 13.8 Å². The van der Waals surface area contributed by atoms with Crippen LogP contribution in [0, 0.1) is 18.6 Å². The van der Waals surface area contributed by atoms with Crippen LogP contribution in [0.4, 0.5) is 8.78 Å². The molecule has 28 heavy (non-hydrogen) atoms. The summed E-state index contributed by atoms with van der Waals surface area (Å²) in [5.41, 5.74) is 0.326. The van der Waals surface area contributed by atoms with Crippen molar-refractivity contribution in [2.24, 2.45) is 12.0 Å². The smallest absolute Gasteiger partial charge is 0.191 e. The minimum absolute atomic E-state index is 0.326. The average molecular weight is 394 g/mol. The summed E-state index contributed by atoms with van der Waals surface area (Å²) < 4.78 is 34.3. The monoisotopic (exact) mass is 394 g/mol. The van der Waals surface area contributed by atoms with Crippen LogP contribution < -0.4 is 10.6 Å². The number of benzene rings is 1. The fourth-order valence-electron chi connectivity index (χ4n) is 2.49. The molecule has 0 aliphatic rings. The van der Waals surface area contributed by atoms with E-state index in [-0.39, 0.29) is 0 Å². The lowest BCUT2D eigenvalue weighted by molar-refractivity contribution is 0.145. The quantitative estimate of drug-likeness (QED) is 0.367. The van der Waals surface area contributed by atoms with E-state index in [1.165, 1.54) is 6.07 Å². The van der Waals surface area contributed by atoms with Crippen molar-refractivity contribution in [1.29, 1.82) is 0 Å². The molecule has 0 atom stereocenters. The Morgan fingerprint density at radius 1 is 1.21 bits per heavy atom. The van der Waals surface area contributed by atoms with Gasteiger partial charge in [-0.2, -0.15) is 0 Å². The highest BCUT2D eigenvalue weighted by Crippen LogP contribution is 2.09. The third-order valence-corrected chi connectivity index (χ3v) is 4.22. The van der Waals surface area contributed by atoms with Gasteiger partial charge in [0.2, 0.25) is 0 Å². The maximum Gasteiger partial charge on any atom is 0.191 e. The lowest BCUT2D eigenvalue weighted by Gasteiger charge is -2.13. The van der Waals surface area contributed by atoms with Crippen molar-refractivity contribution in [2.45, 2.75) is 33.2 Å². The zero-order chi connectivity index (χ0) is 20.4. The Bertz CT molecular complexity index is 778. The van der Waals surface area contributed by atoms with E-state index in [9.17, 15) is 8.78 Å². The zero-order valence-electron chi connectivity index (χ0n) is 16.6. The number of halogens is 2. The molecule has 0 amide bonds. The summed E-state index contributed by atoms with van der Waals surface area (Å²) in [6.45, 7) is 6.62. The molecule has 0 aliphatic heterocycles. The van der Waals surface area contributed by atoms with Gasteiger partial charge in [0.1, 0.15) is 24.0 Å². The largest absolute Gasteiger partial charge is 0.382 e. The molecule has 0 radical (unpaired) electrons. The van der Waals surface area contributed by atoms with Crippen molar-refractivity contribution in [3.05, 3.63) is 47.0 Å². The molecule has 1 heterocycles. The van der Waals surface area contributed by atoms with Crippen molar-refractivity contribution < 1.29 is 13.5 Å². The first-order valence-corrected chi connectivity index (χ1v) is 9.40. The number of hydrogen-bond donors (Lipinski definition) is 2. The molecule has 7 nitrogen and oxygen atoms in total. The van der Waals surface area contributed by atoms with E-state index in [0.717, 1.165) is 30.2 Å². The lowest BCUT2D eigenvalue weighted by atomic mass is 10.1. The number of aliphatic imine (C=N–C) groups is 1. The molecule has 0 unspecified atom stereocenters. The fraction of sp³-hybridized carbons (Fsp3) is 0.526. The summed E-state index contributed by atoms with van der Waals surface area (Å²) in [5, 5.41) is 14.5. The highest BCUT2D eigenvalue weighted by atomic mass is 19.1. The average Bonchev–Trinajstić information content (AvgIpc) is 3.00. The Morgan fingerprint density at radius 2 is 2.00 bits per heavy atom. The SMILES string of the molecule is CCOCCCNC(=NCc1nnc(C)n1C)NCCc1cc(F)ccc1F. The van der Waals surface area contributed by atoms with Gasteiger partial charge in [-0.15, -0.1) is 10.2 Å². The minimum Gasteiger partial charge on any atom is -0.382 e. The third kappa shape index (κ3) is 6.88. The van der Waals surface area contributed by atoms with Crippen molar-refractivity contribution in [1.82, 2.24) is 25.4 Å². The molecule has 0 aliphatic carbocycles. The number of nitrogens with one attached hydrogen (secondary N) is 2. The predicted molar refractivity (Wildman–Crippen MR) is 104 cm³/mol. The molecule has 154 valence electrons. The Hall–Kier alpha value is -2.55. The summed E-state index contributed by atoms with van der Waals surface area (Å²) in [6, 6.07) is 3.47. The van der Waals surface area contributed by atoms with Crippen molar-refractivity contribution >= 4 is 5.96 Å². The second-order valence-corrected chi connectivity index (χ2v) is 6.28. The number of nitrogens with zero attached hydrogens (tertiary/aromatic N) is 4. The lowest BCUT2D eigenvalue weighted by Crippen LogP contribution is -2.39. The van der Waals surface area contributed by atoms with Crippen LogP contribution in [0.2, 0.25) is 0 Å². The van der Waals surface area contributed by atoms with Gasteiger partial charge in [-0.05, 0) is 50.5 Å². The van der Waals surface area contributed by atoms with Crippen LogP contribution >= 0.6 is 0 Å². The van der Waals surface area contributed by atoms with Crippen LogP contribution in [0.15, 0.2) is 23.2 Å². The Kier molecular flexibility index (Phi) is 8.80. The molecular formula is C19H28F2N6O. The fourth-order valence-corrected chi connectivity index (χ4v) is 2.49. The number of guanidine groups is 1. The summed E-state index contributed by atoms with van der Waals surface area (Å²) in [7, 11) is 1.88. The molecule has 1 aromatic heterocycles. The maximum absolute atomic E-state index is 13.8. The number of ether oxygens (including phenoxy) is 1. The van der Waals surface area contributed by atoms with E-state index in [1.54, 1.807) is 0 Å². The summed E-state index contributed by atoms with van der Waals surface area (Å²) in [4.78, 5) is 4.52. The Balaban J connectivity index is 1.93. The highest BCUT2D eigenvalue weighted by molar-refractivity contribution is 5.79. The first-order valence-electron chi connectivity index (χ1n) is 9.40. The molecule has 0 spiro atoms. The van der Waals surface area contributed by atoms with Crippen LogP contribution in [0.3, 0.4) is 0 Å². The molecule has 0 fully saturated rings. The predicted octanol–water partition coefficient (Wildman–Crippen LogP) is 2.11. The van der Waals surface area contributed by atoms with Gasteiger partial charge in [0, 0.05) is 33.4 Å². The summed E-state index contributed by atoms with van der Waals surface area (Å²) in [5.74, 6) is 1.27. The molecule has 0 saturated carbocycles. The van der Waals surface area contributed by atoms with Crippen LogP contribution in [0.5, 0.6) is 0 Å². The second-order valence-electron chi connectivity index (χ2n) is 6.28. The van der Waals surface area contributed by atoms with E-state index in [2.05, 4.69) is 25.8 Å². The van der Waals surface area contributed by atoms with Crippen molar-refractivity contribution in [3.63, 3.8) is 0 Å². The van der Waals surface area contributed by atoms with Crippen LogP contribution in [0.1, 0.15) is 30.6 Å². The van der Waals surface area contributed by atoms with Crippen LogP contribution in [-0.4, -0.2) is 47.0 Å². The molecule has 2 N–H and O–H groups in total. The standard InChI is InChI=1S/C19H28F2N6O/c1-4-28-11-5-9-22-19(24-13-18-26-25-14(2)27(18)3)23-10-8-15-12-16(20)6-7-17(15)21/h6-7,12H,4-5,8-11,13H2,1-3H3,(H2,22,23,24). The zero-order valence-corrected chi connectivity index (χ0v) is 16.6. The second kappa shape index (κ2) is 11.3. The maximum atomic E-state index is 13.8. The molecule has 2 aromatic rings. The minimum atomic E-state index is -0.447. The first-order chi connectivity index (χ1) is 13.5. The van der Waals surface area contributed by atoms with E-state index >= 15 is 0 Å². The molecule has 0 saturated heterocycles. The summed E-state index contributed by atoms with van der Waals surface area (Å²) in [6.07, 6.45) is 1.17. The van der Waals surface area contributed by atoms with E-state index in [0.29, 0.717) is 50.8 Å². The van der Waals surface area contributed by atoms with Crippen LogP contribution in [0.25, 0.3) is 0 Å². The first kappa shape index (κ1) is 21.7. The van der Waals surface area contributed by atoms with Crippen molar-refractivity contribution in [3.8, 4) is 0 Å². The van der Waals surface area contributed by atoms with E-state index in [4.69, 9.17) is 4.74 Å². The van der Waals surface area contributed by atoms with E-state index < -0.39 is 11.6 Å².